The second-order valence-corrected chi connectivity index (χ2v) is 4.31. The van der Waals surface area contributed by atoms with Crippen molar-refractivity contribution in [2.45, 2.75) is 39.3 Å². The zero-order chi connectivity index (χ0) is 12.2. The fraction of sp³-hybridized carbons (Fsp3) is 0.636. The molecule has 0 saturated heterocycles. The van der Waals surface area contributed by atoms with Gasteiger partial charge >= 0.3 is 0 Å². The van der Waals surface area contributed by atoms with E-state index >= 15 is 0 Å². The summed E-state index contributed by atoms with van der Waals surface area (Å²) in [5, 5.41) is 3.24. The number of hydrogen-bond donors (Lipinski definition) is 2. The molecule has 1 heterocycles. The summed E-state index contributed by atoms with van der Waals surface area (Å²) in [4.78, 5) is 8.33. The average Bonchev–Trinajstić information content (AvgIpc) is 2.17. The van der Waals surface area contributed by atoms with Crippen molar-refractivity contribution in [3.63, 3.8) is 0 Å². The lowest BCUT2D eigenvalue weighted by Crippen LogP contribution is -2.47. The fourth-order valence-corrected chi connectivity index (χ4v) is 1.07. The van der Waals surface area contributed by atoms with Crippen LogP contribution >= 0.6 is 0 Å². The van der Waals surface area contributed by atoms with E-state index < -0.39 is 0 Å². The lowest BCUT2D eigenvalue weighted by Gasteiger charge is -2.30. The van der Waals surface area contributed by atoms with Crippen molar-refractivity contribution in [1.82, 2.24) is 9.97 Å². The lowest BCUT2D eigenvalue weighted by molar-refractivity contribution is 0.325. The quantitative estimate of drug-likeness (QED) is 0.791. The van der Waals surface area contributed by atoms with Crippen molar-refractivity contribution < 1.29 is 4.74 Å². The SMILES string of the molecule is CCOc1cncc(NC(C)(C)C(C)N)n1. The third-order valence-corrected chi connectivity index (χ3v) is 2.49. The van der Waals surface area contributed by atoms with E-state index in [1.807, 2.05) is 27.7 Å². The second-order valence-electron chi connectivity index (χ2n) is 4.31. The van der Waals surface area contributed by atoms with E-state index in [2.05, 4.69) is 15.3 Å². The average molecular weight is 224 g/mol. The smallest absolute Gasteiger partial charge is 0.234 e. The summed E-state index contributed by atoms with van der Waals surface area (Å²) in [6.07, 6.45) is 3.25. The Bertz CT molecular complexity index is 339. The molecule has 1 aromatic heterocycles. The monoisotopic (exact) mass is 224 g/mol. The van der Waals surface area contributed by atoms with Crippen LogP contribution in [0.1, 0.15) is 27.7 Å². The third-order valence-electron chi connectivity index (χ3n) is 2.49. The Morgan fingerprint density at radius 3 is 2.75 bits per heavy atom. The van der Waals surface area contributed by atoms with Crippen molar-refractivity contribution in [3.05, 3.63) is 12.4 Å². The minimum absolute atomic E-state index is 0.00468. The van der Waals surface area contributed by atoms with Gasteiger partial charge in [-0.15, -0.1) is 0 Å². The first-order chi connectivity index (χ1) is 7.45. The molecular formula is C11H20N4O. The fourth-order valence-electron chi connectivity index (χ4n) is 1.07. The van der Waals surface area contributed by atoms with Crippen molar-refractivity contribution in [1.29, 1.82) is 0 Å². The first kappa shape index (κ1) is 12.7. The lowest BCUT2D eigenvalue weighted by atomic mass is 9.97. The van der Waals surface area contributed by atoms with Crippen molar-refractivity contribution in [2.24, 2.45) is 5.73 Å². The van der Waals surface area contributed by atoms with Gasteiger partial charge in [-0.1, -0.05) is 0 Å². The minimum atomic E-state index is -0.237. The summed E-state index contributed by atoms with van der Waals surface area (Å²) in [6.45, 7) is 8.48. The normalized spacial score (nSPS) is 13.3. The van der Waals surface area contributed by atoms with E-state index in [9.17, 15) is 0 Å². The van der Waals surface area contributed by atoms with Gasteiger partial charge in [0.25, 0.3) is 0 Å². The molecule has 16 heavy (non-hydrogen) atoms. The van der Waals surface area contributed by atoms with Crippen LogP contribution in [0.5, 0.6) is 5.88 Å². The van der Waals surface area contributed by atoms with Crippen molar-refractivity contribution in [3.8, 4) is 5.88 Å². The van der Waals surface area contributed by atoms with Gasteiger partial charge in [0.2, 0.25) is 5.88 Å². The Balaban J connectivity index is 2.77. The number of anilines is 1. The number of nitrogens with two attached hydrogens (primary N) is 1. The highest BCUT2D eigenvalue weighted by Gasteiger charge is 2.23. The standard InChI is InChI=1S/C11H20N4O/c1-5-16-10-7-13-6-9(14-10)15-11(3,4)8(2)12/h6-8H,5,12H2,1-4H3,(H,14,15). The predicted molar refractivity (Wildman–Crippen MR) is 64.6 cm³/mol. The molecule has 90 valence electrons. The van der Waals surface area contributed by atoms with Gasteiger partial charge in [-0.25, -0.2) is 0 Å². The maximum atomic E-state index is 5.87. The molecule has 1 atom stereocenters. The Labute approximate surface area is 96.4 Å². The third kappa shape index (κ3) is 3.34. The first-order valence-electron chi connectivity index (χ1n) is 5.44. The molecule has 0 aliphatic carbocycles. The largest absolute Gasteiger partial charge is 0.477 e. The number of aromatic nitrogens is 2. The van der Waals surface area contributed by atoms with E-state index in [-0.39, 0.29) is 11.6 Å². The molecule has 0 radical (unpaired) electrons. The molecule has 0 amide bonds. The summed E-state index contributed by atoms with van der Waals surface area (Å²) < 4.78 is 5.28. The molecule has 0 spiro atoms. The van der Waals surface area contributed by atoms with Crippen LogP contribution in [0.25, 0.3) is 0 Å². The van der Waals surface area contributed by atoms with Gasteiger partial charge in [0.1, 0.15) is 5.82 Å². The van der Waals surface area contributed by atoms with E-state index in [1.54, 1.807) is 12.4 Å². The van der Waals surface area contributed by atoms with Crippen LogP contribution in [-0.2, 0) is 0 Å². The van der Waals surface area contributed by atoms with Gasteiger partial charge in [0, 0.05) is 11.6 Å². The minimum Gasteiger partial charge on any atom is -0.477 e. The van der Waals surface area contributed by atoms with Crippen LogP contribution < -0.4 is 15.8 Å². The van der Waals surface area contributed by atoms with Gasteiger partial charge in [-0.05, 0) is 27.7 Å². The molecule has 1 unspecified atom stereocenters. The highest BCUT2D eigenvalue weighted by atomic mass is 16.5. The molecule has 3 N–H and O–H groups in total. The number of ether oxygens (including phenoxy) is 1. The molecule has 0 saturated carbocycles. The van der Waals surface area contributed by atoms with Crippen molar-refractivity contribution in [2.75, 3.05) is 11.9 Å². The Kier molecular flexibility index (Phi) is 4.06. The van der Waals surface area contributed by atoms with Crippen LogP contribution in [0.2, 0.25) is 0 Å². The Morgan fingerprint density at radius 1 is 1.50 bits per heavy atom. The maximum absolute atomic E-state index is 5.87. The highest BCUT2D eigenvalue weighted by molar-refractivity contribution is 5.37. The number of nitrogens with one attached hydrogen (secondary N) is 1. The first-order valence-corrected chi connectivity index (χ1v) is 5.44. The van der Waals surface area contributed by atoms with Gasteiger partial charge in [-0.2, -0.15) is 4.98 Å². The van der Waals surface area contributed by atoms with Crippen LogP contribution in [0.4, 0.5) is 5.82 Å². The van der Waals surface area contributed by atoms with Crippen LogP contribution in [0.15, 0.2) is 12.4 Å². The summed E-state index contributed by atoms with van der Waals surface area (Å²) in [6, 6.07) is 0.00468. The van der Waals surface area contributed by atoms with Crippen LogP contribution in [-0.4, -0.2) is 28.2 Å². The molecule has 1 rings (SSSR count). The number of nitrogens with zero attached hydrogens (tertiary/aromatic N) is 2. The predicted octanol–water partition coefficient (Wildman–Crippen LogP) is 1.41. The van der Waals surface area contributed by atoms with E-state index in [1.165, 1.54) is 0 Å². The second kappa shape index (κ2) is 5.12. The van der Waals surface area contributed by atoms with Gasteiger partial charge in [0.15, 0.2) is 0 Å². The summed E-state index contributed by atoms with van der Waals surface area (Å²) in [5.41, 5.74) is 5.64. The summed E-state index contributed by atoms with van der Waals surface area (Å²) in [7, 11) is 0. The maximum Gasteiger partial charge on any atom is 0.234 e. The van der Waals surface area contributed by atoms with Gasteiger partial charge < -0.3 is 15.8 Å². The van der Waals surface area contributed by atoms with Crippen LogP contribution in [0.3, 0.4) is 0 Å². The summed E-state index contributed by atoms with van der Waals surface area (Å²) in [5.74, 6) is 1.20. The summed E-state index contributed by atoms with van der Waals surface area (Å²) >= 11 is 0. The molecule has 0 bridgehead atoms. The highest BCUT2D eigenvalue weighted by Crippen LogP contribution is 2.16. The Hall–Kier alpha value is -1.36. The zero-order valence-electron chi connectivity index (χ0n) is 10.3. The Morgan fingerprint density at radius 2 is 2.19 bits per heavy atom. The number of rotatable bonds is 5. The van der Waals surface area contributed by atoms with E-state index in [0.29, 0.717) is 18.3 Å². The molecule has 5 heteroatoms. The zero-order valence-corrected chi connectivity index (χ0v) is 10.3. The molecule has 0 aliphatic heterocycles. The van der Waals surface area contributed by atoms with E-state index in [4.69, 9.17) is 10.5 Å². The molecule has 5 nitrogen and oxygen atoms in total. The van der Waals surface area contributed by atoms with Gasteiger partial charge in [0.05, 0.1) is 19.0 Å². The molecule has 0 aliphatic rings. The molecule has 0 fully saturated rings. The topological polar surface area (TPSA) is 73.1 Å². The molecule has 0 aromatic carbocycles. The van der Waals surface area contributed by atoms with Crippen molar-refractivity contribution >= 4 is 5.82 Å². The molecular weight excluding hydrogens is 204 g/mol. The van der Waals surface area contributed by atoms with Gasteiger partial charge in [-0.3, -0.25) is 4.98 Å². The molecule has 1 aromatic rings. The van der Waals surface area contributed by atoms with E-state index in [0.717, 1.165) is 0 Å². The van der Waals surface area contributed by atoms with Crippen LogP contribution in [0, 0.1) is 0 Å². The number of hydrogen-bond acceptors (Lipinski definition) is 5.